The highest BCUT2D eigenvalue weighted by Gasteiger charge is 2.09. The molecular weight excluding hydrogens is 338 g/mol. The maximum atomic E-state index is 12.3. The number of carbonyl (C=O) groups is 2. The normalized spacial score (nSPS) is 10.4. The molecule has 3 aromatic rings. The van der Waals surface area contributed by atoms with E-state index in [2.05, 4.69) is 27.3 Å². The van der Waals surface area contributed by atoms with Crippen LogP contribution in [0.3, 0.4) is 0 Å². The summed E-state index contributed by atoms with van der Waals surface area (Å²) >= 11 is 0. The van der Waals surface area contributed by atoms with Crippen LogP contribution < -0.4 is 10.6 Å². The lowest BCUT2D eigenvalue weighted by Gasteiger charge is -2.11. The molecule has 0 aliphatic heterocycles. The van der Waals surface area contributed by atoms with Gasteiger partial charge < -0.3 is 15.2 Å². The van der Waals surface area contributed by atoms with Gasteiger partial charge in [0.15, 0.2) is 0 Å². The molecule has 1 aromatic heterocycles. The van der Waals surface area contributed by atoms with Gasteiger partial charge in [0.1, 0.15) is 0 Å². The van der Waals surface area contributed by atoms with E-state index < -0.39 is 0 Å². The van der Waals surface area contributed by atoms with Gasteiger partial charge in [0.05, 0.1) is 6.54 Å². The van der Waals surface area contributed by atoms with Crippen molar-refractivity contribution in [2.45, 2.75) is 20.4 Å². The Morgan fingerprint density at radius 3 is 2.07 bits per heavy atom. The molecule has 2 amide bonds. The van der Waals surface area contributed by atoms with Crippen molar-refractivity contribution < 1.29 is 9.59 Å². The van der Waals surface area contributed by atoms with Crippen molar-refractivity contribution in [1.82, 2.24) is 15.2 Å². The second kappa shape index (κ2) is 8.36. The third-order valence-electron chi connectivity index (χ3n) is 4.40. The molecule has 2 N–H and O–H groups in total. The van der Waals surface area contributed by atoms with Gasteiger partial charge in [-0.15, -0.1) is 0 Å². The largest absolute Gasteiger partial charge is 0.350 e. The first-order valence-corrected chi connectivity index (χ1v) is 8.89. The molecule has 0 atom stereocenters. The Balaban J connectivity index is 1.53. The van der Waals surface area contributed by atoms with Gasteiger partial charge >= 0.3 is 0 Å². The minimum atomic E-state index is -0.266. The Hall–Kier alpha value is -3.34. The van der Waals surface area contributed by atoms with Crippen molar-refractivity contribution in [3.8, 4) is 5.69 Å². The first-order chi connectivity index (χ1) is 13.0. The molecule has 3 rings (SSSR count). The second-order valence-corrected chi connectivity index (χ2v) is 6.44. The number of aryl methyl sites for hydroxylation is 2. The third kappa shape index (κ3) is 4.64. The number of nitrogens with one attached hydrogen (secondary N) is 2. The molecule has 0 aliphatic rings. The number of nitrogens with zero attached hydrogens (tertiary/aromatic N) is 1. The predicted molar refractivity (Wildman–Crippen MR) is 106 cm³/mol. The zero-order valence-electron chi connectivity index (χ0n) is 15.5. The Bertz CT molecular complexity index is 908. The van der Waals surface area contributed by atoms with Gasteiger partial charge in [-0.05, 0) is 55.8 Å². The van der Waals surface area contributed by atoms with E-state index in [0.29, 0.717) is 12.1 Å². The molecule has 5 nitrogen and oxygen atoms in total. The van der Waals surface area contributed by atoms with E-state index in [1.165, 1.54) is 0 Å². The van der Waals surface area contributed by atoms with E-state index in [1.807, 2.05) is 56.3 Å². The summed E-state index contributed by atoms with van der Waals surface area (Å²) in [6, 6.07) is 21.1. The molecule has 0 spiro atoms. The summed E-state index contributed by atoms with van der Waals surface area (Å²) in [5.74, 6) is -0.486. The summed E-state index contributed by atoms with van der Waals surface area (Å²) in [4.78, 5) is 24.2. The number of amides is 2. The van der Waals surface area contributed by atoms with E-state index in [9.17, 15) is 9.59 Å². The first kappa shape index (κ1) is 18.5. The minimum absolute atomic E-state index is 0.0523. The first-order valence-electron chi connectivity index (χ1n) is 8.89. The maximum absolute atomic E-state index is 12.3. The van der Waals surface area contributed by atoms with Crippen LogP contribution >= 0.6 is 0 Å². The molecule has 0 radical (unpaired) electrons. The van der Waals surface area contributed by atoms with E-state index in [0.717, 1.165) is 22.6 Å². The van der Waals surface area contributed by atoms with E-state index in [-0.39, 0.29) is 18.4 Å². The van der Waals surface area contributed by atoms with Crippen LogP contribution in [0.1, 0.15) is 27.3 Å². The maximum Gasteiger partial charge on any atom is 0.251 e. The van der Waals surface area contributed by atoms with E-state index >= 15 is 0 Å². The van der Waals surface area contributed by atoms with Crippen LogP contribution in [0.15, 0.2) is 66.7 Å². The molecule has 138 valence electrons. The molecule has 27 heavy (non-hydrogen) atoms. The molecule has 0 saturated heterocycles. The SMILES string of the molecule is Cc1ccc(C)n1-c1ccc(C(=O)NCC(=O)NCc2ccccc2)cc1. The molecule has 0 unspecified atom stereocenters. The number of hydrogen-bond donors (Lipinski definition) is 2. The topological polar surface area (TPSA) is 63.1 Å². The van der Waals surface area contributed by atoms with Crippen LogP contribution in [0.25, 0.3) is 5.69 Å². The summed E-state index contributed by atoms with van der Waals surface area (Å²) in [5, 5.41) is 5.44. The van der Waals surface area contributed by atoms with Crippen LogP contribution in [0, 0.1) is 13.8 Å². The lowest BCUT2D eigenvalue weighted by Crippen LogP contribution is -2.36. The van der Waals surface area contributed by atoms with Crippen LogP contribution in [0.4, 0.5) is 0 Å². The standard InChI is InChI=1S/C22H23N3O2/c1-16-8-9-17(2)25(16)20-12-10-19(11-13-20)22(27)24-15-21(26)23-14-18-6-4-3-5-7-18/h3-13H,14-15H2,1-2H3,(H,23,26)(H,24,27). The predicted octanol–water partition coefficient (Wildman–Crippen LogP) is 3.14. The summed E-state index contributed by atoms with van der Waals surface area (Å²) in [7, 11) is 0. The Labute approximate surface area is 159 Å². The third-order valence-corrected chi connectivity index (χ3v) is 4.40. The lowest BCUT2D eigenvalue weighted by molar-refractivity contribution is -0.120. The number of carbonyl (C=O) groups excluding carboxylic acids is 2. The van der Waals surface area contributed by atoms with Crippen LogP contribution in [-0.4, -0.2) is 22.9 Å². The molecular formula is C22H23N3O2. The zero-order valence-corrected chi connectivity index (χ0v) is 15.5. The summed E-state index contributed by atoms with van der Waals surface area (Å²) in [5.41, 5.74) is 4.83. The van der Waals surface area contributed by atoms with Crippen LogP contribution in [0.5, 0.6) is 0 Å². The van der Waals surface area contributed by atoms with Gasteiger partial charge in [0.25, 0.3) is 5.91 Å². The monoisotopic (exact) mass is 361 g/mol. The molecule has 0 bridgehead atoms. The van der Waals surface area contributed by atoms with Crippen molar-refractivity contribution >= 4 is 11.8 Å². The van der Waals surface area contributed by atoms with Gasteiger partial charge in [-0.25, -0.2) is 0 Å². The molecule has 1 heterocycles. The van der Waals surface area contributed by atoms with Crippen LogP contribution in [0.2, 0.25) is 0 Å². The van der Waals surface area contributed by atoms with E-state index in [1.54, 1.807) is 12.1 Å². The van der Waals surface area contributed by atoms with Gasteiger partial charge in [-0.3, -0.25) is 9.59 Å². The summed E-state index contributed by atoms with van der Waals surface area (Å²) in [6.45, 7) is 4.48. The van der Waals surface area contributed by atoms with Crippen molar-refractivity contribution in [1.29, 1.82) is 0 Å². The van der Waals surface area contributed by atoms with E-state index in [4.69, 9.17) is 0 Å². The van der Waals surface area contributed by atoms with Gasteiger partial charge in [-0.1, -0.05) is 30.3 Å². The Morgan fingerprint density at radius 1 is 0.815 bits per heavy atom. The van der Waals surface area contributed by atoms with Crippen molar-refractivity contribution in [3.63, 3.8) is 0 Å². The van der Waals surface area contributed by atoms with Crippen molar-refractivity contribution in [2.75, 3.05) is 6.54 Å². The summed E-state index contributed by atoms with van der Waals surface area (Å²) < 4.78 is 2.12. The Morgan fingerprint density at radius 2 is 1.44 bits per heavy atom. The quantitative estimate of drug-likeness (QED) is 0.708. The average Bonchev–Trinajstić information content (AvgIpc) is 3.03. The van der Waals surface area contributed by atoms with Crippen molar-refractivity contribution in [2.24, 2.45) is 0 Å². The smallest absolute Gasteiger partial charge is 0.251 e. The lowest BCUT2D eigenvalue weighted by atomic mass is 10.2. The van der Waals surface area contributed by atoms with Gasteiger partial charge in [-0.2, -0.15) is 0 Å². The number of benzene rings is 2. The fourth-order valence-corrected chi connectivity index (χ4v) is 2.96. The average molecular weight is 361 g/mol. The van der Waals surface area contributed by atoms with Gasteiger partial charge in [0, 0.05) is 29.2 Å². The highest BCUT2D eigenvalue weighted by molar-refractivity contribution is 5.96. The highest BCUT2D eigenvalue weighted by atomic mass is 16.2. The minimum Gasteiger partial charge on any atom is -0.350 e. The van der Waals surface area contributed by atoms with Crippen molar-refractivity contribution in [3.05, 3.63) is 89.2 Å². The fraction of sp³-hybridized carbons (Fsp3) is 0.182. The molecule has 0 saturated carbocycles. The second-order valence-electron chi connectivity index (χ2n) is 6.44. The summed E-state index contributed by atoms with van der Waals surface area (Å²) in [6.07, 6.45) is 0. The van der Waals surface area contributed by atoms with Crippen LogP contribution in [-0.2, 0) is 11.3 Å². The Kier molecular flexibility index (Phi) is 5.71. The molecule has 0 aliphatic carbocycles. The zero-order chi connectivity index (χ0) is 19.2. The fourth-order valence-electron chi connectivity index (χ4n) is 2.96. The number of aromatic nitrogens is 1. The highest BCUT2D eigenvalue weighted by Crippen LogP contribution is 2.16. The molecule has 0 fully saturated rings. The van der Waals surface area contributed by atoms with Gasteiger partial charge in [0.2, 0.25) is 5.91 Å². The number of rotatable bonds is 6. The number of hydrogen-bond acceptors (Lipinski definition) is 2. The molecule has 2 aromatic carbocycles. The molecule has 5 heteroatoms.